The highest BCUT2D eigenvalue weighted by molar-refractivity contribution is 5.63. The van der Waals surface area contributed by atoms with Crippen LogP contribution < -0.4 is 10.5 Å². The van der Waals surface area contributed by atoms with Crippen molar-refractivity contribution in [3.63, 3.8) is 0 Å². The highest BCUT2D eigenvalue weighted by Crippen LogP contribution is 2.23. The van der Waals surface area contributed by atoms with E-state index in [1.165, 1.54) is 0 Å². The van der Waals surface area contributed by atoms with Gasteiger partial charge in [-0.15, -0.1) is 5.10 Å². The van der Waals surface area contributed by atoms with Crippen LogP contribution in [0, 0.1) is 0 Å². The van der Waals surface area contributed by atoms with E-state index >= 15 is 0 Å². The van der Waals surface area contributed by atoms with Crippen molar-refractivity contribution < 1.29 is 4.74 Å². The monoisotopic (exact) mass is 311 g/mol. The van der Waals surface area contributed by atoms with Gasteiger partial charge in [0, 0.05) is 37.5 Å². The molecular weight excluding hydrogens is 294 g/mol. The van der Waals surface area contributed by atoms with Gasteiger partial charge in [-0.05, 0) is 25.1 Å². The summed E-state index contributed by atoms with van der Waals surface area (Å²) in [4.78, 5) is 20.7. The average molecular weight is 311 g/mol. The molecule has 0 amide bonds. The Morgan fingerprint density at radius 3 is 3.00 bits per heavy atom. The number of fused-ring (bicyclic) bond motifs is 1. The van der Waals surface area contributed by atoms with Crippen molar-refractivity contribution in [2.75, 3.05) is 24.6 Å². The third-order valence-corrected chi connectivity index (χ3v) is 3.99. The Morgan fingerprint density at radius 1 is 1.35 bits per heavy atom. The summed E-state index contributed by atoms with van der Waals surface area (Å²) in [7, 11) is 0. The van der Waals surface area contributed by atoms with E-state index in [9.17, 15) is 4.79 Å². The first kappa shape index (κ1) is 14.0. The number of hydrogen-bond donors (Lipinski definition) is 1. The normalized spacial score (nSPS) is 15.1. The number of pyridine rings is 1. The number of nitrogens with zero attached hydrogens (tertiary/aromatic N) is 4. The Kier molecular flexibility index (Phi) is 3.34. The fourth-order valence-electron chi connectivity index (χ4n) is 2.80. The second kappa shape index (κ2) is 5.51. The molecule has 4 heterocycles. The zero-order valence-electron chi connectivity index (χ0n) is 12.8. The van der Waals surface area contributed by atoms with Crippen molar-refractivity contribution >= 4 is 11.5 Å². The van der Waals surface area contributed by atoms with Crippen LogP contribution in [-0.4, -0.2) is 45.4 Å². The third kappa shape index (κ3) is 2.49. The van der Waals surface area contributed by atoms with E-state index in [0.717, 1.165) is 42.4 Å². The standard InChI is InChI=1S/C16H17N5O2/c1-2-23-12-9-20(10-12)15-4-3-14-18-8-13(21(14)19-15)11-5-6-17-16(22)7-11/h3-8,12H,2,9-10H2,1H3,(H,17,22). The molecule has 0 spiro atoms. The molecule has 118 valence electrons. The van der Waals surface area contributed by atoms with Crippen molar-refractivity contribution in [2.24, 2.45) is 0 Å². The molecule has 1 saturated heterocycles. The van der Waals surface area contributed by atoms with Gasteiger partial charge in [0.15, 0.2) is 5.65 Å². The predicted molar refractivity (Wildman–Crippen MR) is 86.7 cm³/mol. The van der Waals surface area contributed by atoms with Crippen LogP contribution in [0.3, 0.4) is 0 Å². The molecule has 0 atom stereocenters. The lowest BCUT2D eigenvalue weighted by Gasteiger charge is -2.39. The molecule has 7 heteroatoms. The number of rotatable bonds is 4. The molecule has 0 aliphatic carbocycles. The van der Waals surface area contributed by atoms with E-state index in [2.05, 4.69) is 20.0 Å². The number of H-pyrrole nitrogens is 1. The van der Waals surface area contributed by atoms with Gasteiger partial charge in [-0.3, -0.25) is 4.79 Å². The molecule has 3 aromatic heterocycles. The zero-order valence-corrected chi connectivity index (χ0v) is 12.8. The number of ether oxygens (including phenoxy) is 1. The number of imidazole rings is 1. The molecular formula is C16H17N5O2. The second-order valence-electron chi connectivity index (χ2n) is 5.53. The summed E-state index contributed by atoms with van der Waals surface area (Å²) in [5.74, 6) is 0.887. The first-order chi connectivity index (χ1) is 11.2. The van der Waals surface area contributed by atoms with Crippen molar-refractivity contribution in [3.05, 3.63) is 47.0 Å². The summed E-state index contributed by atoms with van der Waals surface area (Å²) in [6.45, 7) is 4.44. The third-order valence-electron chi connectivity index (χ3n) is 3.99. The molecule has 0 aromatic carbocycles. The maximum Gasteiger partial charge on any atom is 0.248 e. The lowest BCUT2D eigenvalue weighted by Crippen LogP contribution is -2.52. The molecule has 1 fully saturated rings. The largest absolute Gasteiger partial charge is 0.375 e. The van der Waals surface area contributed by atoms with Gasteiger partial charge < -0.3 is 14.6 Å². The summed E-state index contributed by atoms with van der Waals surface area (Å²) >= 11 is 0. The quantitative estimate of drug-likeness (QED) is 0.786. The number of hydrogen-bond acceptors (Lipinski definition) is 5. The summed E-state index contributed by atoms with van der Waals surface area (Å²) in [5.41, 5.74) is 2.21. The van der Waals surface area contributed by atoms with Crippen LogP contribution in [-0.2, 0) is 4.74 Å². The van der Waals surface area contributed by atoms with E-state index in [1.54, 1.807) is 23.0 Å². The smallest absolute Gasteiger partial charge is 0.248 e. The van der Waals surface area contributed by atoms with Crippen molar-refractivity contribution in [2.45, 2.75) is 13.0 Å². The maximum absolute atomic E-state index is 11.5. The van der Waals surface area contributed by atoms with Gasteiger partial charge in [0.2, 0.25) is 5.56 Å². The van der Waals surface area contributed by atoms with Gasteiger partial charge >= 0.3 is 0 Å². The van der Waals surface area contributed by atoms with E-state index in [1.807, 2.05) is 25.1 Å². The van der Waals surface area contributed by atoms with Crippen LogP contribution in [0.2, 0.25) is 0 Å². The van der Waals surface area contributed by atoms with Gasteiger partial charge in [0.05, 0.1) is 18.0 Å². The Balaban J connectivity index is 1.69. The minimum Gasteiger partial charge on any atom is -0.375 e. The van der Waals surface area contributed by atoms with Gasteiger partial charge in [0.1, 0.15) is 5.82 Å². The van der Waals surface area contributed by atoms with Crippen molar-refractivity contribution in [3.8, 4) is 11.3 Å². The van der Waals surface area contributed by atoms with Gasteiger partial charge in [0.25, 0.3) is 0 Å². The SMILES string of the molecule is CCOC1CN(c2ccc3ncc(-c4cc[nH]c(=O)c4)n3n2)C1. The molecule has 0 saturated carbocycles. The summed E-state index contributed by atoms with van der Waals surface area (Å²) in [5, 5.41) is 4.67. The Bertz CT molecular complexity index is 895. The fourth-order valence-corrected chi connectivity index (χ4v) is 2.80. The first-order valence-corrected chi connectivity index (χ1v) is 7.65. The van der Waals surface area contributed by atoms with Gasteiger partial charge in [-0.2, -0.15) is 0 Å². The number of nitrogens with one attached hydrogen (secondary N) is 1. The van der Waals surface area contributed by atoms with Crippen LogP contribution >= 0.6 is 0 Å². The topological polar surface area (TPSA) is 75.5 Å². The zero-order chi connectivity index (χ0) is 15.8. The van der Waals surface area contributed by atoms with Gasteiger partial charge in [-0.1, -0.05) is 0 Å². The van der Waals surface area contributed by atoms with Crippen LogP contribution in [0.25, 0.3) is 16.9 Å². The number of aromatic amines is 1. The molecule has 23 heavy (non-hydrogen) atoms. The lowest BCUT2D eigenvalue weighted by molar-refractivity contribution is 0.0426. The highest BCUT2D eigenvalue weighted by Gasteiger charge is 2.28. The Labute approximate surface area is 132 Å². The van der Waals surface area contributed by atoms with E-state index in [0.29, 0.717) is 0 Å². The molecule has 1 N–H and O–H groups in total. The molecule has 1 aliphatic heterocycles. The van der Waals surface area contributed by atoms with E-state index < -0.39 is 0 Å². The minimum atomic E-state index is -0.143. The second-order valence-corrected chi connectivity index (χ2v) is 5.53. The summed E-state index contributed by atoms with van der Waals surface area (Å²) < 4.78 is 7.36. The number of anilines is 1. The average Bonchev–Trinajstić information content (AvgIpc) is 2.93. The minimum absolute atomic E-state index is 0.143. The molecule has 1 aliphatic rings. The molecule has 0 unspecified atom stereocenters. The van der Waals surface area contributed by atoms with E-state index in [4.69, 9.17) is 4.74 Å². The number of aromatic nitrogens is 4. The lowest BCUT2D eigenvalue weighted by atomic mass is 10.1. The molecule has 0 radical (unpaired) electrons. The molecule has 3 aromatic rings. The maximum atomic E-state index is 11.5. The van der Waals surface area contributed by atoms with Crippen LogP contribution in [0.4, 0.5) is 5.82 Å². The highest BCUT2D eigenvalue weighted by atomic mass is 16.5. The van der Waals surface area contributed by atoms with Gasteiger partial charge in [-0.25, -0.2) is 9.50 Å². The van der Waals surface area contributed by atoms with E-state index in [-0.39, 0.29) is 11.7 Å². The molecule has 0 bridgehead atoms. The summed E-state index contributed by atoms with van der Waals surface area (Å²) in [6, 6.07) is 7.29. The fraction of sp³-hybridized carbons (Fsp3) is 0.312. The Hall–Kier alpha value is -2.67. The molecule has 7 nitrogen and oxygen atoms in total. The van der Waals surface area contributed by atoms with Crippen molar-refractivity contribution in [1.82, 2.24) is 19.6 Å². The van der Waals surface area contributed by atoms with Crippen LogP contribution in [0.1, 0.15) is 6.92 Å². The summed E-state index contributed by atoms with van der Waals surface area (Å²) in [6.07, 6.45) is 3.65. The Morgan fingerprint density at radius 2 is 2.22 bits per heavy atom. The van der Waals surface area contributed by atoms with Crippen LogP contribution in [0.15, 0.2) is 41.5 Å². The first-order valence-electron chi connectivity index (χ1n) is 7.65. The van der Waals surface area contributed by atoms with Crippen LogP contribution in [0.5, 0.6) is 0 Å². The predicted octanol–water partition coefficient (Wildman–Crippen LogP) is 1.31. The van der Waals surface area contributed by atoms with Crippen molar-refractivity contribution in [1.29, 1.82) is 0 Å². The molecule has 4 rings (SSSR count).